The minimum atomic E-state index is -0.569. The van der Waals surface area contributed by atoms with Crippen molar-refractivity contribution in [3.05, 3.63) is 76.1 Å². The third kappa shape index (κ3) is 5.36. The number of rotatable bonds is 8. The molecule has 0 fully saturated rings. The zero-order chi connectivity index (χ0) is 26.7. The highest BCUT2D eigenvalue weighted by Crippen LogP contribution is 2.47. The van der Waals surface area contributed by atoms with Crippen LogP contribution in [-0.2, 0) is 14.3 Å². The third-order valence-electron chi connectivity index (χ3n) is 6.92. The number of benzene rings is 2. The smallest absolute Gasteiger partial charge is 0.336 e. The van der Waals surface area contributed by atoms with Crippen LogP contribution in [0, 0.1) is 5.92 Å². The molecule has 0 bridgehead atoms. The summed E-state index contributed by atoms with van der Waals surface area (Å²) in [5.41, 5.74) is 4.44. The lowest BCUT2D eigenvalue weighted by molar-refractivity contribution is -0.140. The van der Waals surface area contributed by atoms with Crippen LogP contribution in [0.15, 0.2) is 65.0 Å². The van der Waals surface area contributed by atoms with Gasteiger partial charge in [-0.25, -0.2) is 4.79 Å². The van der Waals surface area contributed by atoms with Crippen LogP contribution >= 0.6 is 0 Å². The first-order valence-electron chi connectivity index (χ1n) is 12.5. The molecule has 2 atom stereocenters. The quantitative estimate of drug-likeness (QED) is 0.489. The van der Waals surface area contributed by atoms with Gasteiger partial charge in [0.2, 0.25) is 0 Å². The fourth-order valence-corrected chi connectivity index (χ4v) is 5.11. The topological polar surface area (TPSA) is 83.1 Å². The summed E-state index contributed by atoms with van der Waals surface area (Å²) < 4.78 is 21.9. The molecular formula is C30H35NO6. The number of Topliss-reactive ketones (excluding diaryl/α,β-unsaturated/α-hetero) is 1. The largest absolute Gasteiger partial charge is 0.497 e. The van der Waals surface area contributed by atoms with Crippen LogP contribution in [0.4, 0.5) is 0 Å². The summed E-state index contributed by atoms with van der Waals surface area (Å²) in [6, 6.07) is 13.4. The second kappa shape index (κ2) is 11.1. The molecule has 37 heavy (non-hydrogen) atoms. The first-order valence-corrected chi connectivity index (χ1v) is 12.5. The Kier molecular flexibility index (Phi) is 7.91. The van der Waals surface area contributed by atoms with Crippen molar-refractivity contribution in [2.45, 2.75) is 45.4 Å². The molecular weight excluding hydrogens is 470 g/mol. The number of esters is 1. The van der Waals surface area contributed by atoms with Crippen LogP contribution in [0.1, 0.15) is 56.6 Å². The normalized spacial score (nSPS) is 19.4. The van der Waals surface area contributed by atoms with Gasteiger partial charge in [-0.2, -0.15) is 0 Å². The maximum atomic E-state index is 13.8. The molecule has 1 aliphatic carbocycles. The molecule has 2 aliphatic rings. The number of carbonyl (C=O) groups is 2. The lowest BCUT2D eigenvalue weighted by atomic mass is 9.71. The van der Waals surface area contributed by atoms with Gasteiger partial charge in [-0.3, -0.25) is 4.79 Å². The van der Waals surface area contributed by atoms with Crippen molar-refractivity contribution in [3.63, 3.8) is 0 Å². The molecule has 0 aromatic heterocycles. The predicted molar refractivity (Wildman–Crippen MR) is 141 cm³/mol. The zero-order valence-electron chi connectivity index (χ0n) is 22.3. The molecule has 1 heterocycles. The highest BCUT2D eigenvalue weighted by molar-refractivity contribution is 6.04. The summed E-state index contributed by atoms with van der Waals surface area (Å²) in [6.07, 6.45) is 1.01. The first kappa shape index (κ1) is 26.3. The molecule has 0 amide bonds. The van der Waals surface area contributed by atoms with Gasteiger partial charge in [0.05, 0.1) is 33.5 Å². The molecule has 0 spiro atoms. The van der Waals surface area contributed by atoms with E-state index in [4.69, 9.17) is 18.9 Å². The Bertz CT molecular complexity index is 1240. The number of ketones is 1. The Morgan fingerprint density at radius 1 is 0.946 bits per heavy atom. The molecule has 0 unspecified atom stereocenters. The number of hydrogen-bond acceptors (Lipinski definition) is 7. The van der Waals surface area contributed by atoms with Gasteiger partial charge in [-0.05, 0) is 60.6 Å². The van der Waals surface area contributed by atoms with Gasteiger partial charge in [-0.15, -0.1) is 0 Å². The Morgan fingerprint density at radius 2 is 1.62 bits per heavy atom. The number of allylic oxidation sites excluding steroid dienone is 3. The van der Waals surface area contributed by atoms with Gasteiger partial charge in [0.1, 0.15) is 5.75 Å². The summed E-state index contributed by atoms with van der Waals surface area (Å²) >= 11 is 0. The fraction of sp³-hybridized carbons (Fsp3) is 0.400. The number of hydrogen-bond donors (Lipinski definition) is 1. The van der Waals surface area contributed by atoms with Gasteiger partial charge in [0.15, 0.2) is 17.3 Å². The SMILES string of the molecule is COc1ccc([C@H]2CC(=O)C3=C(C2)NC(C)=C(C(=O)OCC(C)C)[C@H]3c2ccc(OC)c(OC)c2)cc1. The number of nitrogens with one attached hydrogen (secondary N) is 1. The number of dihydropyridines is 1. The van der Waals surface area contributed by atoms with E-state index in [1.807, 2.05) is 57.2 Å². The average Bonchev–Trinajstić information content (AvgIpc) is 2.90. The van der Waals surface area contributed by atoms with Gasteiger partial charge in [-0.1, -0.05) is 32.0 Å². The summed E-state index contributed by atoms with van der Waals surface area (Å²) in [4.78, 5) is 27.2. The van der Waals surface area contributed by atoms with Crippen molar-refractivity contribution >= 4 is 11.8 Å². The van der Waals surface area contributed by atoms with Crippen molar-refractivity contribution in [1.82, 2.24) is 5.32 Å². The molecule has 4 rings (SSSR count). The molecule has 1 N–H and O–H groups in total. The number of carbonyl (C=O) groups excluding carboxylic acids is 2. The Labute approximate surface area is 218 Å². The molecule has 1 aliphatic heterocycles. The predicted octanol–water partition coefficient (Wildman–Crippen LogP) is 5.27. The highest BCUT2D eigenvalue weighted by Gasteiger charge is 2.41. The highest BCUT2D eigenvalue weighted by atomic mass is 16.5. The van der Waals surface area contributed by atoms with Crippen molar-refractivity contribution < 1.29 is 28.5 Å². The zero-order valence-corrected chi connectivity index (χ0v) is 22.3. The van der Waals surface area contributed by atoms with E-state index in [-0.39, 0.29) is 17.6 Å². The van der Waals surface area contributed by atoms with E-state index >= 15 is 0 Å². The molecule has 0 radical (unpaired) electrons. The van der Waals surface area contributed by atoms with Gasteiger partial charge in [0, 0.05) is 29.3 Å². The average molecular weight is 506 g/mol. The van der Waals surface area contributed by atoms with Crippen LogP contribution in [-0.4, -0.2) is 39.7 Å². The number of ether oxygens (including phenoxy) is 4. The van der Waals surface area contributed by atoms with E-state index in [0.717, 1.165) is 22.6 Å². The van der Waals surface area contributed by atoms with E-state index in [0.29, 0.717) is 47.8 Å². The minimum Gasteiger partial charge on any atom is -0.497 e. The third-order valence-corrected chi connectivity index (χ3v) is 6.92. The van der Waals surface area contributed by atoms with Crippen molar-refractivity contribution in [1.29, 1.82) is 0 Å². The van der Waals surface area contributed by atoms with E-state index in [1.165, 1.54) is 0 Å². The lowest BCUT2D eigenvalue weighted by Gasteiger charge is -2.37. The fourth-order valence-electron chi connectivity index (χ4n) is 5.11. The summed E-state index contributed by atoms with van der Waals surface area (Å²) in [5, 5.41) is 3.40. The van der Waals surface area contributed by atoms with Crippen molar-refractivity contribution in [3.8, 4) is 17.2 Å². The van der Waals surface area contributed by atoms with Crippen molar-refractivity contribution in [2.75, 3.05) is 27.9 Å². The second-order valence-electron chi connectivity index (χ2n) is 9.90. The molecule has 0 saturated carbocycles. The van der Waals surface area contributed by atoms with E-state index < -0.39 is 11.9 Å². The minimum absolute atomic E-state index is 0.0102. The Hall–Kier alpha value is -3.74. The Morgan fingerprint density at radius 3 is 2.24 bits per heavy atom. The van der Waals surface area contributed by atoms with E-state index in [2.05, 4.69) is 5.32 Å². The summed E-state index contributed by atoms with van der Waals surface area (Å²) in [6.45, 7) is 6.15. The van der Waals surface area contributed by atoms with Crippen LogP contribution in [0.5, 0.6) is 17.2 Å². The number of methoxy groups -OCH3 is 3. The van der Waals surface area contributed by atoms with Crippen LogP contribution in [0.2, 0.25) is 0 Å². The Balaban J connectivity index is 1.78. The van der Waals surface area contributed by atoms with Gasteiger partial charge >= 0.3 is 5.97 Å². The molecule has 7 nitrogen and oxygen atoms in total. The molecule has 2 aromatic carbocycles. The van der Waals surface area contributed by atoms with E-state index in [9.17, 15) is 9.59 Å². The second-order valence-corrected chi connectivity index (χ2v) is 9.90. The van der Waals surface area contributed by atoms with E-state index in [1.54, 1.807) is 27.4 Å². The van der Waals surface area contributed by atoms with Crippen molar-refractivity contribution in [2.24, 2.45) is 5.92 Å². The summed E-state index contributed by atoms with van der Waals surface area (Å²) in [7, 11) is 4.78. The lowest BCUT2D eigenvalue weighted by Crippen LogP contribution is -2.36. The van der Waals surface area contributed by atoms with Crippen LogP contribution < -0.4 is 19.5 Å². The standard InChI is InChI=1S/C30H35NO6/c1-17(2)16-37-30(33)27-18(3)31-23-13-21(19-7-10-22(34-4)11-8-19)14-24(32)29(23)28(27)20-9-12-25(35-5)26(15-20)36-6/h7-12,15,17,21,28,31H,13-14,16H2,1-6H3/t21-,28-/m1/s1. The molecule has 196 valence electrons. The molecule has 0 saturated heterocycles. The molecule has 2 aromatic rings. The van der Waals surface area contributed by atoms with Gasteiger partial charge in [0.25, 0.3) is 0 Å². The maximum absolute atomic E-state index is 13.8. The first-order chi connectivity index (χ1) is 17.8. The van der Waals surface area contributed by atoms with Gasteiger partial charge < -0.3 is 24.3 Å². The maximum Gasteiger partial charge on any atom is 0.336 e. The van der Waals surface area contributed by atoms with Crippen LogP contribution in [0.3, 0.4) is 0 Å². The monoisotopic (exact) mass is 505 g/mol. The molecule has 7 heteroatoms. The summed E-state index contributed by atoms with van der Waals surface area (Å²) in [5.74, 6) is 1.13. The van der Waals surface area contributed by atoms with Crippen LogP contribution in [0.25, 0.3) is 0 Å².